The molecule has 134 valence electrons. The second-order valence-electron chi connectivity index (χ2n) is 5.96. The van der Waals surface area contributed by atoms with Crippen LogP contribution in [0.3, 0.4) is 0 Å². The van der Waals surface area contributed by atoms with Crippen LogP contribution in [0.4, 0.5) is 8.78 Å². The lowest BCUT2D eigenvalue weighted by Crippen LogP contribution is -2.18. The fraction of sp³-hybridized carbons (Fsp3) is 0.150. The molecule has 3 heterocycles. The molecule has 1 aliphatic rings. The Kier molecular flexibility index (Phi) is 4.83. The van der Waals surface area contributed by atoms with Gasteiger partial charge in [-0.3, -0.25) is 10.3 Å². The fourth-order valence-electron chi connectivity index (χ4n) is 2.93. The summed E-state index contributed by atoms with van der Waals surface area (Å²) in [6, 6.07) is 4.83. The number of rotatable bonds is 2. The van der Waals surface area contributed by atoms with Crippen molar-refractivity contribution in [2.45, 2.75) is 12.1 Å². The molecular formula is C20H14F2N4O. The Morgan fingerprint density at radius 1 is 0.963 bits per heavy atom. The summed E-state index contributed by atoms with van der Waals surface area (Å²) in [7, 11) is 0. The molecule has 2 aromatic heterocycles. The topological polar surface area (TPSA) is 59.9 Å². The third-order valence-corrected chi connectivity index (χ3v) is 4.16. The van der Waals surface area contributed by atoms with E-state index in [9.17, 15) is 8.78 Å². The molecule has 0 amide bonds. The first-order valence-electron chi connectivity index (χ1n) is 8.22. The van der Waals surface area contributed by atoms with E-state index in [0.29, 0.717) is 11.1 Å². The summed E-state index contributed by atoms with van der Waals surface area (Å²) < 4.78 is 33.4. The molecule has 0 aliphatic carbocycles. The normalized spacial score (nSPS) is 18.7. The van der Waals surface area contributed by atoms with E-state index >= 15 is 0 Å². The van der Waals surface area contributed by atoms with Gasteiger partial charge < -0.3 is 4.74 Å². The molecule has 1 N–H and O–H groups in total. The van der Waals surface area contributed by atoms with Gasteiger partial charge in [-0.15, -0.1) is 0 Å². The van der Waals surface area contributed by atoms with Crippen LogP contribution in [0, 0.1) is 23.5 Å². The smallest absolute Gasteiger partial charge is 0.129 e. The molecule has 1 aliphatic heterocycles. The van der Waals surface area contributed by atoms with Crippen LogP contribution in [-0.4, -0.2) is 21.7 Å². The molecule has 1 aromatic carbocycles. The second-order valence-corrected chi connectivity index (χ2v) is 5.96. The van der Waals surface area contributed by atoms with Crippen LogP contribution < -0.4 is 5.32 Å². The number of aromatic nitrogens is 3. The number of ether oxygens (including phenoxy) is 1. The molecule has 0 saturated carbocycles. The number of halogens is 2. The molecule has 5 nitrogen and oxygen atoms in total. The lowest BCUT2D eigenvalue weighted by Gasteiger charge is -2.19. The van der Waals surface area contributed by atoms with Gasteiger partial charge in [0.05, 0.1) is 18.3 Å². The van der Waals surface area contributed by atoms with E-state index in [1.54, 1.807) is 24.8 Å². The molecule has 4 rings (SSSR count). The first kappa shape index (κ1) is 17.2. The quantitative estimate of drug-likeness (QED) is 0.709. The minimum absolute atomic E-state index is 0.169. The highest BCUT2D eigenvalue weighted by molar-refractivity contribution is 5.42. The molecule has 1 fully saturated rings. The maximum absolute atomic E-state index is 14.2. The molecule has 7 heteroatoms. The maximum Gasteiger partial charge on any atom is 0.129 e. The lowest BCUT2D eigenvalue weighted by atomic mass is 9.96. The molecular weight excluding hydrogens is 350 g/mol. The van der Waals surface area contributed by atoms with E-state index in [4.69, 9.17) is 4.74 Å². The van der Waals surface area contributed by atoms with E-state index in [-0.39, 0.29) is 18.3 Å². The first-order chi connectivity index (χ1) is 13.2. The molecule has 0 radical (unpaired) electrons. The van der Waals surface area contributed by atoms with Crippen molar-refractivity contribution in [3.63, 3.8) is 0 Å². The maximum atomic E-state index is 14.2. The van der Waals surface area contributed by atoms with Gasteiger partial charge in [-0.2, -0.15) is 0 Å². The summed E-state index contributed by atoms with van der Waals surface area (Å²) in [6.45, 7) is 0.225. The zero-order valence-corrected chi connectivity index (χ0v) is 14.1. The van der Waals surface area contributed by atoms with Gasteiger partial charge in [0, 0.05) is 35.9 Å². The SMILES string of the molecule is Fc1ccc(F)c([C@H]2OCN[C@@H]2c2cncc(C#Cc3cncnc3)c2)c1. The van der Waals surface area contributed by atoms with E-state index < -0.39 is 17.7 Å². The number of nitrogens with zero attached hydrogens (tertiary/aromatic N) is 3. The van der Waals surface area contributed by atoms with Gasteiger partial charge >= 0.3 is 0 Å². The van der Waals surface area contributed by atoms with Gasteiger partial charge in [0.15, 0.2) is 0 Å². The van der Waals surface area contributed by atoms with E-state index in [1.165, 1.54) is 6.33 Å². The zero-order chi connectivity index (χ0) is 18.6. The van der Waals surface area contributed by atoms with Crippen LogP contribution in [0.5, 0.6) is 0 Å². The molecule has 0 unspecified atom stereocenters. The minimum atomic E-state index is -0.659. The van der Waals surface area contributed by atoms with Crippen molar-refractivity contribution < 1.29 is 13.5 Å². The Morgan fingerprint density at radius 3 is 2.59 bits per heavy atom. The molecule has 1 saturated heterocycles. The van der Waals surface area contributed by atoms with Gasteiger partial charge in [0.25, 0.3) is 0 Å². The number of hydrogen-bond acceptors (Lipinski definition) is 5. The van der Waals surface area contributed by atoms with Gasteiger partial charge in [-0.1, -0.05) is 11.8 Å². The third kappa shape index (κ3) is 3.82. The average Bonchev–Trinajstić information content (AvgIpc) is 3.19. The Labute approximate surface area is 154 Å². The van der Waals surface area contributed by atoms with Gasteiger partial charge in [-0.25, -0.2) is 18.7 Å². The summed E-state index contributed by atoms with van der Waals surface area (Å²) in [5.74, 6) is 4.94. The van der Waals surface area contributed by atoms with Crippen molar-refractivity contribution in [3.05, 3.63) is 89.3 Å². The minimum Gasteiger partial charge on any atom is -0.356 e. The van der Waals surface area contributed by atoms with E-state index in [2.05, 4.69) is 32.1 Å². The number of pyridine rings is 1. The summed E-state index contributed by atoms with van der Waals surface area (Å²) in [4.78, 5) is 12.0. The zero-order valence-electron chi connectivity index (χ0n) is 14.1. The molecule has 0 bridgehead atoms. The highest BCUT2D eigenvalue weighted by Gasteiger charge is 2.33. The molecule has 0 spiro atoms. The summed E-state index contributed by atoms with van der Waals surface area (Å²) >= 11 is 0. The highest BCUT2D eigenvalue weighted by Crippen LogP contribution is 2.37. The van der Waals surface area contributed by atoms with Gasteiger partial charge in [0.2, 0.25) is 0 Å². The Balaban J connectivity index is 1.63. The third-order valence-electron chi connectivity index (χ3n) is 4.16. The standard InChI is InChI=1S/C20H14F2N4O/c21-16-3-4-18(22)17(6-16)20-19(26-12-27-20)15-5-13(7-23-10-15)1-2-14-8-24-11-25-9-14/h3-11,19-20,26H,12H2/t19-,20-/m1/s1. The average molecular weight is 364 g/mol. The lowest BCUT2D eigenvalue weighted by molar-refractivity contribution is 0.0995. The Bertz CT molecular complexity index is 1020. The number of hydrogen-bond donors (Lipinski definition) is 1. The highest BCUT2D eigenvalue weighted by atomic mass is 19.1. The van der Waals surface area contributed by atoms with Crippen LogP contribution in [0.1, 0.15) is 34.4 Å². The van der Waals surface area contributed by atoms with Crippen LogP contribution in [0.2, 0.25) is 0 Å². The molecule has 27 heavy (non-hydrogen) atoms. The van der Waals surface area contributed by atoms with E-state index in [1.807, 2.05) is 6.07 Å². The van der Waals surface area contributed by atoms with Crippen molar-refractivity contribution in [2.75, 3.05) is 6.73 Å². The number of benzene rings is 1. The van der Waals surface area contributed by atoms with Crippen LogP contribution >= 0.6 is 0 Å². The van der Waals surface area contributed by atoms with E-state index in [0.717, 1.165) is 23.8 Å². The van der Waals surface area contributed by atoms with Crippen molar-refractivity contribution in [1.82, 2.24) is 20.3 Å². The summed E-state index contributed by atoms with van der Waals surface area (Å²) in [5, 5.41) is 3.15. The van der Waals surface area contributed by atoms with Crippen LogP contribution in [-0.2, 0) is 4.74 Å². The fourth-order valence-corrected chi connectivity index (χ4v) is 2.93. The predicted molar refractivity (Wildman–Crippen MR) is 93.2 cm³/mol. The molecule has 2 atom stereocenters. The Morgan fingerprint density at radius 2 is 1.74 bits per heavy atom. The van der Waals surface area contributed by atoms with Crippen LogP contribution in [0.25, 0.3) is 0 Å². The van der Waals surface area contributed by atoms with Crippen molar-refractivity contribution in [1.29, 1.82) is 0 Å². The van der Waals surface area contributed by atoms with Crippen molar-refractivity contribution in [3.8, 4) is 11.8 Å². The predicted octanol–water partition coefficient (Wildman–Crippen LogP) is 2.91. The monoisotopic (exact) mass is 364 g/mol. The second kappa shape index (κ2) is 7.58. The van der Waals surface area contributed by atoms with Gasteiger partial charge in [-0.05, 0) is 29.8 Å². The first-order valence-corrected chi connectivity index (χ1v) is 8.22. The summed E-state index contributed by atoms with van der Waals surface area (Å²) in [6.07, 6.45) is 7.30. The van der Waals surface area contributed by atoms with Crippen molar-refractivity contribution in [2.24, 2.45) is 0 Å². The number of nitrogens with one attached hydrogen (secondary N) is 1. The van der Waals surface area contributed by atoms with Gasteiger partial charge in [0.1, 0.15) is 24.1 Å². The molecule has 3 aromatic rings. The Hall–Kier alpha value is -3.21. The van der Waals surface area contributed by atoms with Crippen molar-refractivity contribution >= 4 is 0 Å². The largest absolute Gasteiger partial charge is 0.356 e. The summed E-state index contributed by atoms with van der Waals surface area (Å²) in [5.41, 5.74) is 2.31. The van der Waals surface area contributed by atoms with Crippen LogP contribution in [0.15, 0.2) is 55.4 Å².